The summed E-state index contributed by atoms with van der Waals surface area (Å²) in [4.78, 5) is 18.7. The lowest BCUT2D eigenvalue weighted by Crippen LogP contribution is -2.13. The van der Waals surface area contributed by atoms with Crippen molar-refractivity contribution in [2.75, 3.05) is 19.5 Å². The summed E-state index contributed by atoms with van der Waals surface area (Å²) in [7, 11) is 3.05. The molecule has 2 rings (SSSR count). The van der Waals surface area contributed by atoms with Crippen molar-refractivity contribution >= 4 is 11.7 Å². The molecule has 0 atom stereocenters. The molecule has 0 fully saturated rings. The first-order chi connectivity index (χ1) is 8.74. The van der Waals surface area contributed by atoms with Crippen LogP contribution in [0.5, 0.6) is 11.5 Å². The van der Waals surface area contributed by atoms with Crippen molar-refractivity contribution in [1.82, 2.24) is 9.97 Å². The summed E-state index contributed by atoms with van der Waals surface area (Å²) < 4.78 is 10.2. The van der Waals surface area contributed by atoms with Crippen LogP contribution in [0, 0.1) is 0 Å². The molecule has 94 valence electrons. The molecule has 18 heavy (non-hydrogen) atoms. The van der Waals surface area contributed by atoms with Crippen molar-refractivity contribution in [3.8, 4) is 11.5 Å². The summed E-state index contributed by atoms with van der Waals surface area (Å²) >= 11 is 0. The number of carbonyl (C=O) groups is 1. The summed E-state index contributed by atoms with van der Waals surface area (Å²) in [6, 6.07) is 5.02. The van der Waals surface area contributed by atoms with Crippen LogP contribution < -0.4 is 14.8 Å². The molecular weight excluding hydrogens is 234 g/mol. The second kappa shape index (κ2) is 5.22. The number of anilines is 1. The van der Waals surface area contributed by atoms with E-state index in [0.717, 1.165) is 0 Å². The van der Waals surface area contributed by atoms with Crippen LogP contribution in [0.1, 0.15) is 10.4 Å². The van der Waals surface area contributed by atoms with Gasteiger partial charge in [0.05, 0.1) is 32.3 Å². The molecule has 0 bridgehead atoms. The summed E-state index contributed by atoms with van der Waals surface area (Å²) in [5.74, 6) is 1.29. The lowest BCUT2D eigenvalue weighted by atomic mass is 10.1. The van der Waals surface area contributed by atoms with Crippen molar-refractivity contribution < 1.29 is 14.3 Å². The van der Waals surface area contributed by atoms with Crippen LogP contribution >= 0.6 is 0 Å². The maximum atomic E-state index is 12.1. The summed E-state index contributed by atoms with van der Waals surface area (Å²) in [6.07, 6.45) is 3.00. The van der Waals surface area contributed by atoms with Crippen LogP contribution in [-0.2, 0) is 0 Å². The molecule has 2 aromatic rings. The lowest BCUT2D eigenvalue weighted by molar-refractivity contribution is 0.102. The number of carbonyl (C=O) groups excluding carboxylic acids is 1. The largest absolute Gasteiger partial charge is 0.497 e. The first kappa shape index (κ1) is 12.0. The Hall–Kier alpha value is -2.50. The predicted octanol–water partition coefficient (Wildman–Crippen LogP) is 1.68. The zero-order chi connectivity index (χ0) is 13.0. The maximum absolute atomic E-state index is 12.1. The minimum absolute atomic E-state index is 0.296. The lowest BCUT2D eigenvalue weighted by Gasteiger charge is -2.09. The van der Waals surface area contributed by atoms with Crippen molar-refractivity contribution in [1.29, 1.82) is 0 Å². The third-order valence-electron chi connectivity index (χ3n) is 2.40. The molecule has 6 nitrogen and oxygen atoms in total. The fourth-order valence-electron chi connectivity index (χ4n) is 1.51. The van der Waals surface area contributed by atoms with Crippen LogP contribution in [0.3, 0.4) is 0 Å². The number of nitrogens with zero attached hydrogens (tertiary/aromatic N) is 1. The van der Waals surface area contributed by atoms with E-state index in [9.17, 15) is 4.79 Å². The van der Waals surface area contributed by atoms with Crippen molar-refractivity contribution in [3.63, 3.8) is 0 Å². The van der Waals surface area contributed by atoms with E-state index in [1.54, 1.807) is 25.3 Å². The minimum atomic E-state index is -0.296. The van der Waals surface area contributed by atoms with E-state index in [-0.39, 0.29) is 5.91 Å². The zero-order valence-corrected chi connectivity index (χ0v) is 10.1. The number of nitrogens with one attached hydrogen (secondary N) is 2. The van der Waals surface area contributed by atoms with E-state index in [4.69, 9.17) is 9.47 Å². The highest BCUT2D eigenvalue weighted by Crippen LogP contribution is 2.24. The number of rotatable bonds is 4. The van der Waals surface area contributed by atoms with Gasteiger partial charge in [0, 0.05) is 0 Å². The fraction of sp³-hybridized carbons (Fsp3) is 0.167. The second-order valence-corrected chi connectivity index (χ2v) is 3.49. The third kappa shape index (κ3) is 2.42. The van der Waals surface area contributed by atoms with Crippen LogP contribution in [0.25, 0.3) is 0 Å². The molecule has 0 aliphatic rings. The summed E-state index contributed by atoms with van der Waals surface area (Å²) in [5.41, 5.74) is 0.395. The first-order valence-corrected chi connectivity index (χ1v) is 5.26. The van der Waals surface area contributed by atoms with Gasteiger partial charge >= 0.3 is 0 Å². The molecule has 0 radical (unpaired) electrons. The van der Waals surface area contributed by atoms with Crippen LogP contribution in [0.4, 0.5) is 5.82 Å². The van der Waals surface area contributed by atoms with Gasteiger partial charge in [-0.2, -0.15) is 0 Å². The van der Waals surface area contributed by atoms with Gasteiger partial charge in [-0.25, -0.2) is 4.98 Å². The summed E-state index contributed by atoms with van der Waals surface area (Å²) in [5, 5.41) is 2.67. The highest BCUT2D eigenvalue weighted by Gasteiger charge is 2.14. The van der Waals surface area contributed by atoms with Crippen molar-refractivity contribution in [2.45, 2.75) is 0 Å². The first-order valence-electron chi connectivity index (χ1n) is 5.26. The maximum Gasteiger partial charge on any atom is 0.260 e. The highest BCUT2D eigenvalue weighted by atomic mass is 16.5. The Balaban J connectivity index is 2.27. The normalized spacial score (nSPS) is 9.89. The quantitative estimate of drug-likeness (QED) is 0.861. The minimum Gasteiger partial charge on any atom is -0.497 e. The van der Waals surface area contributed by atoms with Gasteiger partial charge in [-0.1, -0.05) is 0 Å². The van der Waals surface area contributed by atoms with Gasteiger partial charge in [-0.3, -0.25) is 4.79 Å². The van der Waals surface area contributed by atoms with Crippen molar-refractivity contribution in [2.24, 2.45) is 0 Å². The van der Waals surface area contributed by atoms with Gasteiger partial charge in [0.2, 0.25) is 0 Å². The van der Waals surface area contributed by atoms with E-state index >= 15 is 0 Å². The van der Waals surface area contributed by atoms with Gasteiger partial charge < -0.3 is 19.8 Å². The summed E-state index contributed by atoms with van der Waals surface area (Å²) in [6.45, 7) is 0. The number of hydrogen-bond acceptors (Lipinski definition) is 4. The van der Waals surface area contributed by atoms with Gasteiger partial charge in [0.25, 0.3) is 5.91 Å². The molecular formula is C12H13N3O3. The van der Waals surface area contributed by atoms with Crippen LogP contribution in [-0.4, -0.2) is 30.1 Å². The Labute approximate surface area is 104 Å². The number of ether oxygens (including phenoxy) is 2. The number of imidazole rings is 1. The van der Waals surface area contributed by atoms with E-state index in [2.05, 4.69) is 15.3 Å². The molecule has 1 aromatic carbocycles. The van der Waals surface area contributed by atoms with E-state index in [0.29, 0.717) is 22.9 Å². The Kier molecular flexibility index (Phi) is 3.47. The van der Waals surface area contributed by atoms with Gasteiger partial charge in [-0.05, 0) is 18.2 Å². The monoisotopic (exact) mass is 247 g/mol. The van der Waals surface area contributed by atoms with Crippen LogP contribution in [0.2, 0.25) is 0 Å². The number of aromatic nitrogens is 2. The average molecular weight is 247 g/mol. The average Bonchev–Trinajstić information content (AvgIpc) is 2.90. The standard InChI is InChI=1S/C12H13N3O3/c1-17-8-3-4-10(18-2)9(5-8)12(16)15-11-6-13-7-14-11/h3-7H,1-2H3,(H,13,14)(H,15,16). The smallest absolute Gasteiger partial charge is 0.260 e. The topological polar surface area (TPSA) is 76.2 Å². The molecule has 0 aliphatic heterocycles. The SMILES string of the molecule is COc1ccc(OC)c(C(=O)Nc2cnc[nH]2)c1. The zero-order valence-electron chi connectivity index (χ0n) is 10.1. The highest BCUT2D eigenvalue weighted by molar-refractivity contribution is 6.06. The van der Waals surface area contributed by atoms with Gasteiger partial charge in [-0.15, -0.1) is 0 Å². The Bertz CT molecular complexity index is 538. The van der Waals surface area contributed by atoms with Gasteiger partial charge in [0.15, 0.2) is 0 Å². The number of hydrogen-bond donors (Lipinski definition) is 2. The third-order valence-corrected chi connectivity index (χ3v) is 2.40. The van der Waals surface area contributed by atoms with Crippen molar-refractivity contribution in [3.05, 3.63) is 36.3 Å². The Morgan fingerprint density at radius 3 is 2.78 bits per heavy atom. The fourth-order valence-corrected chi connectivity index (χ4v) is 1.51. The van der Waals surface area contributed by atoms with E-state index in [1.165, 1.54) is 19.6 Å². The Morgan fingerprint density at radius 2 is 2.17 bits per heavy atom. The molecule has 1 amide bonds. The molecule has 0 aliphatic carbocycles. The molecule has 1 aromatic heterocycles. The molecule has 6 heteroatoms. The number of methoxy groups -OCH3 is 2. The second-order valence-electron chi connectivity index (χ2n) is 3.49. The van der Waals surface area contributed by atoms with E-state index < -0.39 is 0 Å². The molecule has 2 N–H and O–H groups in total. The van der Waals surface area contributed by atoms with Crippen LogP contribution in [0.15, 0.2) is 30.7 Å². The Morgan fingerprint density at radius 1 is 1.33 bits per heavy atom. The molecule has 1 heterocycles. The number of aromatic amines is 1. The number of amides is 1. The predicted molar refractivity (Wildman–Crippen MR) is 66.1 cm³/mol. The molecule has 0 spiro atoms. The molecule has 0 saturated heterocycles. The number of benzene rings is 1. The van der Waals surface area contributed by atoms with E-state index in [1.807, 2.05) is 0 Å². The molecule has 0 unspecified atom stereocenters. The number of H-pyrrole nitrogens is 1. The molecule has 0 saturated carbocycles. The van der Waals surface area contributed by atoms with Gasteiger partial charge in [0.1, 0.15) is 17.3 Å².